The Hall–Kier alpha value is -7.13. The molecule has 1 N–H and O–H groups in total. The standard InChI is InChI=1S/C82H135NO31/c1-16-18-20-22-24-26-28-29-30-31-32-33-34-35-37-39-41-43-45-47-66(102-55(7)87)79(96)83-64(70(104-57(9)89)65(101-54(6)86)46-44-42-40-38-36-27-25-23-21-19-17-2)48-99-80-76(108-61(13)93)75(114-81-77(109-62(14)94)73(106-59(11)91)69(51(3)100-81)103-56(8)88)72(68(111-80)50-98-53(5)85)113-82-78(110-63(15)95)74(107-60(12)92)71(105-58(10)90)67(112-82)49-97-52(4)84/h51,64-78,80-82H,16-50H2,1-15H3,(H,83,96)/t51-,64-,65+,66+,67+,68+,69+,70-,71-,72+,73+,74-,75-,76+,77-,78+,80+,81-,82-/m0/s1. The van der Waals surface area contributed by atoms with E-state index in [0.29, 0.717) is 25.7 Å². The van der Waals surface area contributed by atoms with E-state index < -0.39 is 214 Å². The van der Waals surface area contributed by atoms with Crippen LogP contribution < -0.4 is 5.32 Å². The highest BCUT2D eigenvalue weighted by atomic mass is 16.8. The number of ether oxygens (including phenoxy) is 18. The molecule has 3 heterocycles. The lowest BCUT2D eigenvalue weighted by molar-refractivity contribution is -0.386. The van der Waals surface area contributed by atoms with E-state index in [1.807, 2.05) is 0 Å². The highest BCUT2D eigenvalue weighted by Crippen LogP contribution is 2.39. The Morgan fingerprint density at radius 1 is 0.307 bits per heavy atom. The average molecular weight is 1630 g/mol. The summed E-state index contributed by atoms with van der Waals surface area (Å²) < 4.78 is 109. The molecule has 0 saturated carbocycles. The van der Waals surface area contributed by atoms with Crippen molar-refractivity contribution in [3.8, 4) is 0 Å². The monoisotopic (exact) mass is 1630 g/mol. The van der Waals surface area contributed by atoms with Gasteiger partial charge in [-0.3, -0.25) is 62.3 Å². The van der Waals surface area contributed by atoms with Crippen LogP contribution in [0.25, 0.3) is 0 Å². The van der Waals surface area contributed by atoms with E-state index in [1.54, 1.807) is 0 Å². The van der Waals surface area contributed by atoms with Crippen LogP contribution in [-0.4, -0.2) is 214 Å². The van der Waals surface area contributed by atoms with Crippen molar-refractivity contribution < 1.29 is 148 Å². The first-order chi connectivity index (χ1) is 54.3. The van der Waals surface area contributed by atoms with Gasteiger partial charge in [0, 0.05) is 83.1 Å². The number of carbonyl (C=O) groups is 13. The number of amides is 1. The van der Waals surface area contributed by atoms with Crippen LogP contribution in [0.3, 0.4) is 0 Å². The first-order valence-electron chi connectivity index (χ1n) is 41.4. The largest absolute Gasteiger partial charge is 0.463 e. The molecule has 32 nitrogen and oxygen atoms in total. The molecule has 19 atom stereocenters. The van der Waals surface area contributed by atoms with Crippen LogP contribution in [0.15, 0.2) is 0 Å². The fraction of sp³-hybridized carbons (Fsp3) is 0.841. The van der Waals surface area contributed by atoms with Gasteiger partial charge in [0.2, 0.25) is 0 Å². The zero-order valence-corrected chi connectivity index (χ0v) is 70.4. The molecule has 3 aliphatic rings. The summed E-state index contributed by atoms with van der Waals surface area (Å²) in [6.45, 7) is 15.6. The maximum absolute atomic E-state index is 15.1. The van der Waals surface area contributed by atoms with Crippen LogP contribution in [0, 0.1) is 0 Å². The number of carbonyl (C=O) groups excluding carboxylic acids is 13. The lowest BCUT2D eigenvalue weighted by Gasteiger charge is -2.50. The summed E-state index contributed by atoms with van der Waals surface area (Å²) in [5, 5.41) is 2.86. The molecule has 3 fully saturated rings. The van der Waals surface area contributed by atoms with Crippen molar-refractivity contribution in [3.63, 3.8) is 0 Å². The van der Waals surface area contributed by atoms with Gasteiger partial charge in [0.15, 0.2) is 73.8 Å². The molecule has 114 heavy (non-hydrogen) atoms. The van der Waals surface area contributed by atoms with Gasteiger partial charge in [-0.1, -0.05) is 194 Å². The number of hydrogen-bond acceptors (Lipinski definition) is 31. The topological polar surface area (TPSA) is 400 Å². The molecule has 32 heteroatoms. The quantitative estimate of drug-likeness (QED) is 0.0336. The van der Waals surface area contributed by atoms with Gasteiger partial charge in [-0.15, -0.1) is 0 Å². The smallest absolute Gasteiger partial charge is 0.303 e. The summed E-state index contributed by atoms with van der Waals surface area (Å²) in [7, 11) is 0. The van der Waals surface area contributed by atoms with Crippen LogP contribution in [0.5, 0.6) is 0 Å². The molecule has 0 bridgehead atoms. The number of esters is 12. The van der Waals surface area contributed by atoms with Crippen molar-refractivity contribution in [2.75, 3.05) is 19.8 Å². The fourth-order valence-corrected chi connectivity index (χ4v) is 14.3. The third-order valence-corrected chi connectivity index (χ3v) is 19.4. The lowest BCUT2D eigenvalue weighted by Crippen LogP contribution is -2.69. The minimum absolute atomic E-state index is 0.0381. The zero-order chi connectivity index (χ0) is 84.7. The summed E-state index contributed by atoms with van der Waals surface area (Å²) in [4.78, 5) is 173. The molecule has 3 saturated heterocycles. The Bertz CT molecular complexity index is 2910. The van der Waals surface area contributed by atoms with Gasteiger partial charge >= 0.3 is 71.6 Å². The maximum atomic E-state index is 15.1. The Morgan fingerprint density at radius 3 is 1.01 bits per heavy atom. The van der Waals surface area contributed by atoms with Crippen molar-refractivity contribution in [2.45, 2.75) is 426 Å². The normalized spacial score (nSPS) is 24.3. The summed E-state index contributed by atoms with van der Waals surface area (Å²) >= 11 is 0. The van der Waals surface area contributed by atoms with Crippen LogP contribution in [0.4, 0.5) is 0 Å². The van der Waals surface area contributed by atoms with Crippen molar-refractivity contribution in [3.05, 3.63) is 0 Å². The molecule has 0 spiro atoms. The summed E-state index contributed by atoms with van der Waals surface area (Å²) in [6, 6.07) is -1.63. The third kappa shape index (κ3) is 41.1. The molecule has 1 amide bonds. The molecule has 654 valence electrons. The summed E-state index contributed by atoms with van der Waals surface area (Å²) in [5.41, 5.74) is 0. The SMILES string of the molecule is CCCCCCCCCCCCCCCCCCCCC[C@@H](OC(C)=O)C(=O)N[C@@H](CO[C@@H]1O[C@H](COC(C)=O)[C@@H](O[C@@H]2O[C@H](COC(C)=O)[C@H](OC(C)=O)[C@H](OC(C)=O)[C@H]2OC(C)=O)[C@H](O[C@@H]2O[C@@H](C)[C@@H](OC(C)=O)[C@@H](OC(C)=O)[C@@H]2OC(C)=O)[C@H]1OC(C)=O)[C@H](OC(C)=O)[C@@H](CCCCCCCCCCCCC)OC(C)=O. The number of unbranched alkanes of at least 4 members (excludes halogenated alkanes) is 28. The van der Waals surface area contributed by atoms with Crippen molar-refractivity contribution >= 4 is 77.5 Å². The van der Waals surface area contributed by atoms with Gasteiger partial charge in [-0.25, -0.2) is 0 Å². The van der Waals surface area contributed by atoms with E-state index in [4.69, 9.17) is 85.3 Å². The Morgan fingerprint density at radius 2 is 0.623 bits per heavy atom. The van der Waals surface area contributed by atoms with E-state index in [2.05, 4.69) is 19.2 Å². The highest BCUT2D eigenvalue weighted by molar-refractivity contribution is 5.83. The summed E-state index contributed by atoms with van der Waals surface area (Å²) in [6.07, 6.45) is -0.310. The van der Waals surface area contributed by atoms with Gasteiger partial charge in [0.25, 0.3) is 5.91 Å². The van der Waals surface area contributed by atoms with Gasteiger partial charge in [0.05, 0.1) is 18.8 Å². The number of hydrogen-bond donors (Lipinski definition) is 1. The first-order valence-corrected chi connectivity index (χ1v) is 41.4. The number of nitrogens with one attached hydrogen (secondary N) is 1. The molecule has 0 aliphatic carbocycles. The van der Waals surface area contributed by atoms with Crippen LogP contribution in [0.1, 0.15) is 309 Å². The molecule has 3 rings (SSSR count). The van der Waals surface area contributed by atoms with E-state index in [-0.39, 0.29) is 12.8 Å². The van der Waals surface area contributed by atoms with Crippen LogP contribution in [-0.2, 0) is 148 Å². The minimum atomic E-state index is -2.13. The lowest BCUT2D eigenvalue weighted by atomic mass is 9.95. The van der Waals surface area contributed by atoms with Crippen LogP contribution >= 0.6 is 0 Å². The molecule has 0 aromatic rings. The van der Waals surface area contributed by atoms with Crippen LogP contribution in [0.2, 0.25) is 0 Å². The molecule has 0 unspecified atom stereocenters. The van der Waals surface area contributed by atoms with Gasteiger partial charge < -0.3 is 90.6 Å². The van der Waals surface area contributed by atoms with E-state index >= 15 is 4.79 Å². The molecule has 0 radical (unpaired) electrons. The predicted octanol–water partition coefficient (Wildman–Crippen LogP) is 11.4. The Labute approximate surface area is 673 Å². The second-order valence-corrected chi connectivity index (χ2v) is 29.9. The first kappa shape index (κ1) is 101. The number of rotatable bonds is 57. The second kappa shape index (κ2) is 57.0. The van der Waals surface area contributed by atoms with E-state index in [9.17, 15) is 57.5 Å². The van der Waals surface area contributed by atoms with E-state index in [0.717, 1.165) is 160 Å². The summed E-state index contributed by atoms with van der Waals surface area (Å²) in [5.74, 6) is -12.3. The molecule has 0 aromatic carbocycles. The van der Waals surface area contributed by atoms with Gasteiger partial charge in [-0.2, -0.15) is 0 Å². The zero-order valence-electron chi connectivity index (χ0n) is 70.4. The van der Waals surface area contributed by atoms with Crippen molar-refractivity contribution in [1.29, 1.82) is 0 Å². The average Bonchev–Trinajstić information content (AvgIpc) is 0.758. The van der Waals surface area contributed by atoms with Crippen molar-refractivity contribution in [1.82, 2.24) is 5.32 Å². The molecular weight excluding hydrogens is 1490 g/mol. The molecule has 0 aromatic heterocycles. The van der Waals surface area contributed by atoms with Gasteiger partial charge in [0.1, 0.15) is 43.7 Å². The minimum Gasteiger partial charge on any atom is -0.463 e. The fourth-order valence-electron chi connectivity index (χ4n) is 14.3. The Balaban J connectivity index is 2.32. The van der Waals surface area contributed by atoms with Crippen molar-refractivity contribution in [2.24, 2.45) is 0 Å². The third-order valence-electron chi connectivity index (χ3n) is 19.4. The molecular formula is C82H135NO31. The highest BCUT2D eigenvalue weighted by Gasteiger charge is 2.60. The van der Waals surface area contributed by atoms with Gasteiger partial charge in [-0.05, 0) is 32.6 Å². The Kier molecular flexibility index (Phi) is 50.6. The maximum Gasteiger partial charge on any atom is 0.303 e. The second-order valence-electron chi connectivity index (χ2n) is 29.9. The van der Waals surface area contributed by atoms with E-state index in [1.165, 1.54) is 96.8 Å². The molecule has 3 aliphatic heterocycles. The predicted molar refractivity (Wildman–Crippen MR) is 407 cm³/mol.